The van der Waals surface area contributed by atoms with Gasteiger partial charge in [0, 0.05) is 0 Å². The minimum atomic E-state index is -3.84. The molecule has 3 nitrogen and oxygen atoms in total. The van der Waals surface area contributed by atoms with Crippen LogP contribution >= 0.6 is 0 Å². The molecule has 0 heterocycles. The average Bonchev–Trinajstić information content (AvgIpc) is 2.88. The fourth-order valence-electron chi connectivity index (χ4n) is 3.77. The SMILES string of the molecule is CCCCCCC[CH2][Sn]([O]Cc1ccccc1)([O]Cc1ccccc1)[O]Cc1ccccc1. The fourth-order valence-corrected chi connectivity index (χ4v) is 11.0. The number of rotatable bonds is 16. The Labute approximate surface area is 205 Å². The van der Waals surface area contributed by atoms with Gasteiger partial charge in [-0.1, -0.05) is 0 Å². The third-order valence-corrected chi connectivity index (χ3v) is 13.5. The first-order chi connectivity index (χ1) is 16.3. The van der Waals surface area contributed by atoms with E-state index in [1.165, 1.54) is 32.1 Å². The molecule has 0 unspecified atom stereocenters. The van der Waals surface area contributed by atoms with Crippen LogP contribution < -0.4 is 0 Å². The maximum atomic E-state index is 6.65. The third kappa shape index (κ3) is 10.0. The first-order valence-electron chi connectivity index (χ1n) is 12.3. The molecule has 3 aromatic carbocycles. The molecule has 0 aliphatic rings. The Hall–Kier alpha value is -1.66. The second-order valence-electron chi connectivity index (χ2n) is 8.52. The van der Waals surface area contributed by atoms with Gasteiger partial charge in [0.25, 0.3) is 0 Å². The third-order valence-electron chi connectivity index (χ3n) is 5.74. The van der Waals surface area contributed by atoms with E-state index < -0.39 is 19.6 Å². The molecule has 176 valence electrons. The molecule has 0 aliphatic carbocycles. The van der Waals surface area contributed by atoms with Gasteiger partial charge in [0.05, 0.1) is 0 Å². The van der Waals surface area contributed by atoms with E-state index in [4.69, 9.17) is 9.22 Å². The molecule has 33 heavy (non-hydrogen) atoms. The summed E-state index contributed by atoms with van der Waals surface area (Å²) in [6, 6.07) is 31.1. The first kappa shape index (κ1) is 26.0. The molecule has 4 heteroatoms. The van der Waals surface area contributed by atoms with Crippen LogP contribution in [0.1, 0.15) is 62.1 Å². The van der Waals surface area contributed by atoms with Crippen molar-refractivity contribution >= 4 is 19.6 Å². The molecule has 0 aromatic heterocycles. The number of hydrogen-bond acceptors (Lipinski definition) is 3. The van der Waals surface area contributed by atoms with Gasteiger partial charge >= 0.3 is 206 Å². The number of benzene rings is 3. The Kier molecular flexibility index (Phi) is 12.0. The van der Waals surface area contributed by atoms with Crippen molar-refractivity contribution in [2.75, 3.05) is 0 Å². The molecular formula is C29H38O3Sn. The molecule has 0 bridgehead atoms. The molecule has 0 saturated heterocycles. The van der Waals surface area contributed by atoms with Crippen LogP contribution in [0.2, 0.25) is 4.44 Å². The van der Waals surface area contributed by atoms with Crippen LogP contribution in [0.3, 0.4) is 0 Å². The quantitative estimate of drug-likeness (QED) is 0.133. The fraction of sp³-hybridized carbons (Fsp3) is 0.379. The van der Waals surface area contributed by atoms with Crippen molar-refractivity contribution in [3.8, 4) is 0 Å². The van der Waals surface area contributed by atoms with E-state index in [1.54, 1.807) is 0 Å². The molecular weight excluding hydrogens is 515 g/mol. The van der Waals surface area contributed by atoms with Crippen molar-refractivity contribution < 1.29 is 9.22 Å². The number of hydrogen-bond donors (Lipinski definition) is 0. The Balaban J connectivity index is 1.72. The summed E-state index contributed by atoms with van der Waals surface area (Å²) in [5, 5.41) is 0. The molecule has 0 spiro atoms. The summed E-state index contributed by atoms with van der Waals surface area (Å²) in [5.74, 6) is 0. The monoisotopic (exact) mass is 554 g/mol. The molecule has 0 amide bonds. The van der Waals surface area contributed by atoms with Crippen LogP contribution in [0, 0.1) is 0 Å². The van der Waals surface area contributed by atoms with Crippen molar-refractivity contribution in [1.82, 2.24) is 0 Å². The van der Waals surface area contributed by atoms with Crippen LogP contribution in [0.25, 0.3) is 0 Å². The summed E-state index contributed by atoms with van der Waals surface area (Å²) in [5.41, 5.74) is 3.48. The van der Waals surface area contributed by atoms with Crippen LogP contribution in [-0.2, 0) is 29.0 Å². The Bertz CT molecular complexity index is 765. The zero-order valence-electron chi connectivity index (χ0n) is 20.0. The van der Waals surface area contributed by atoms with E-state index in [0.29, 0.717) is 19.8 Å². The van der Waals surface area contributed by atoms with Crippen LogP contribution in [0.5, 0.6) is 0 Å². The summed E-state index contributed by atoms with van der Waals surface area (Å²) in [7, 11) is 0. The van der Waals surface area contributed by atoms with Gasteiger partial charge in [-0.2, -0.15) is 0 Å². The standard InChI is InChI=1S/C8H17.3C7H7O.Sn/c1-3-5-7-8-6-4-2;3*8-6-7-4-2-1-3-5-7;/h1,3-8H2,2H3;3*1-5H,6H2;/q;3*-1;+3. The molecule has 0 saturated carbocycles. The average molecular weight is 553 g/mol. The second kappa shape index (κ2) is 15.3. The summed E-state index contributed by atoms with van der Waals surface area (Å²) < 4.78 is 20.9. The molecule has 3 rings (SSSR count). The van der Waals surface area contributed by atoms with Crippen molar-refractivity contribution in [1.29, 1.82) is 0 Å². The topological polar surface area (TPSA) is 27.7 Å². The Morgan fingerprint density at radius 3 is 1.24 bits per heavy atom. The van der Waals surface area contributed by atoms with Crippen LogP contribution in [0.15, 0.2) is 91.0 Å². The predicted octanol–water partition coefficient (Wildman–Crippen LogP) is 7.94. The summed E-state index contributed by atoms with van der Waals surface area (Å²) >= 11 is -3.84. The van der Waals surface area contributed by atoms with Gasteiger partial charge in [0.2, 0.25) is 0 Å². The van der Waals surface area contributed by atoms with Crippen LogP contribution in [-0.4, -0.2) is 19.6 Å². The summed E-state index contributed by atoms with van der Waals surface area (Å²) in [6.07, 6.45) is 7.46. The van der Waals surface area contributed by atoms with E-state index >= 15 is 0 Å². The molecule has 0 N–H and O–H groups in total. The summed E-state index contributed by atoms with van der Waals surface area (Å²) in [6.45, 7) is 3.87. The predicted molar refractivity (Wildman–Crippen MR) is 138 cm³/mol. The summed E-state index contributed by atoms with van der Waals surface area (Å²) in [4.78, 5) is 0. The maximum absolute atomic E-state index is 6.65. The van der Waals surface area contributed by atoms with Gasteiger partial charge in [-0.3, -0.25) is 0 Å². The van der Waals surface area contributed by atoms with Crippen molar-refractivity contribution in [2.24, 2.45) is 0 Å². The van der Waals surface area contributed by atoms with Crippen LogP contribution in [0.4, 0.5) is 0 Å². The van der Waals surface area contributed by atoms with Crippen molar-refractivity contribution in [3.63, 3.8) is 0 Å². The van der Waals surface area contributed by atoms with Gasteiger partial charge in [-0.15, -0.1) is 0 Å². The van der Waals surface area contributed by atoms with Crippen molar-refractivity contribution in [3.05, 3.63) is 108 Å². The first-order valence-corrected chi connectivity index (χ1v) is 17.8. The van der Waals surface area contributed by atoms with Gasteiger partial charge in [-0.05, 0) is 0 Å². The Morgan fingerprint density at radius 2 is 0.848 bits per heavy atom. The molecule has 3 aromatic rings. The molecule has 0 atom stereocenters. The van der Waals surface area contributed by atoms with E-state index in [1.807, 2.05) is 18.2 Å². The van der Waals surface area contributed by atoms with E-state index in [2.05, 4.69) is 79.7 Å². The van der Waals surface area contributed by atoms with Gasteiger partial charge in [0.15, 0.2) is 0 Å². The normalized spacial score (nSPS) is 11.5. The molecule has 0 aliphatic heterocycles. The number of unbranched alkanes of at least 4 members (excludes halogenated alkanes) is 5. The van der Waals surface area contributed by atoms with Crippen molar-refractivity contribution in [2.45, 2.75) is 69.7 Å². The minimum absolute atomic E-state index is 0.538. The van der Waals surface area contributed by atoms with E-state index in [9.17, 15) is 0 Å². The van der Waals surface area contributed by atoms with E-state index in [0.717, 1.165) is 27.5 Å². The molecule has 0 fully saturated rings. The molecule has 0 radical (unpaired) electrons. The van der Waals surface area contributed by atoms with Gasteiger partial charge in [0.1, 0.15) is 0 Å². The van der Waals surface area contributed by atoms with Gasteiger partial charge < -0.3 is 0 Å². The van der Waals surface area contributed by atoms with Gasteiger partial charge in [-0.25, -0.2) is 0 Å². The van der Waals surface area contributed by atoms with E-state index in [-0.39, 0.29) is 0 Å². The second-order valence-corrected chi connectivity index (χ2v) is 16.3. The Morgan fingerprint density at radius 1 is 0.485 bits per heavy atom. The zero-order valence-corrected chi connectivity index (χ0v) is 22.8. The zero-order chi connectivity index (χ0) is 23.0.